The molecule has 0 saturated carbocycles. The van der Waals surface area contributed by atoms with Crippen molar-refractivity contribution in [1.29, 1.82) is 0 Å². The van der Waals surface area contributed by atoms with Crippen LogP contribution in [0.3, 0.4) is 0 Å². The summed E-state index contributed by atoms with van der Waals surface area (Å²) in [5.74, 6) is 0.0888. The van der Waals surface area contributed by atoms with Crippen LogP contribution in [-0.2, 0) is 10.2 Å². The Morgan fingerprint density at radius 1 is 1.47 bits per heavy atom. The van der Waals surface area contributed by atoms with E-state index in [1.807, 2.05) is 32.2 Å². The first kappa shape index (κ1) is 13.5. The van der Waals surface area contributed by atoms with Crippen molar-refractivity contribution in [3.63, 3.8) is 0 Å². The molecule has 0 aliphatic carbocycles. The summed E-state index contributed by atoms with van der Waals surface area (Å²) in [7, 11) is 1.81. The quantitative estimate of drug-likeness (QED) is 0.564. The lowest BCUT2D eigenvalue weighted by Gasteiger charge is -2.19. The molecule has 2 nitrogen and oxygen atoms in total. The van der Waals surface area contributed by atoms with E-state index in [1.54, 1.807) is 4.90 Å². The minimum Gasteiger partial charge on any atom is -0.314 e. The summed E-state index contributed by atoms with van der Waals surface area (Å²) < 4.78 is 1.93. The molecule has 1 aromatic rings. The van der Waals surface area contributed by atoms with Gasteiger partial charge in [0, 0.05) is 16.3 Å². The molecular formula is C12H10Br2INO. The number of rotatable bonds is 1. The van der Waals surface area contributed by atoms with E-state index in [4.69, 9.17) is 0 Å². The fourth-order valence-electron chi connectivity index (χ4n) is 2.15. The highest BCUT2D eigenvalue weighted by molar-refractivity contribution is 14.1. The Labute approximate surface area is 131 Å². The maximum absolute atomic E-state index is 12.4. The van der Waals surface area contributed by atoms with Crippen molar-refractivity contribution in [2.24, 2.45) is 0 Å². The van der Waals surface area contributed by atoms with Gasteiger partial charge in [-0.1, -0.05) is 0 Å². The Hall–Kier alpha value is 0.120. The lowest BCUT2D eigenvalue weighted by atomic mass is 9.84. The summed E-state index contributed by atoms with van der Waals surface area (Å²) in [4.78, 5) is 14.1. The first-order valence-corrected chi connectivity index (χ1v) is 7.65. The zero-order chi connectivity index (χ0) is 12.8. The third-order valence-electron chi connectivity index (χ3n) is 3.03. The molecular weight excluding hydrogens is 461 g/mol. The van der Waals surface area contributed by atoms with Crippen molar-refractivity contribution in [2.75, 3.05) is 11.9 Å². The van der Waals surface area contributed by atoms with Crippen molar-refractivity contribution in [3.8, 4) is 0 Å². The Balaban J connectivity index is 2.69. The zero-order valence-corrected chi connectivity index (χ0v) is 14.6. The number of fused-ring (bicyclic) bond motifs is 1. The van der Waals surface area contributed by atoms with Crippen LogP contribution < -0.4 is 4.90 Å². The second-order valence-electron chi connectivity index (χ2n) is 4.16. The SMILES string of the molecule is CN1C(=O)C(C)(C=C(Br)Br)c2cc(I)ccc21. The molecule has 0 spiro atoms. The van der Waals surface area contributed by atoms with Crippen molar-refractivity contribution < 1.29 is 4.79 Å². The summed E-state index contributed by atoms with van der Waals surface area (Å²) in [6.45, 7) is 1.94. The van der Waals surface area contributed by atoms with E-state index in [-0.39, 0.29) is 5.91 Å². The maximum atomic E-state index is 12.4. The molecule has 0 saturated heterocycles. The van der Waals surface area contributed by atoms with E-state index in [0.717, 1.165) is 18.2 Å². The van der Waals surface area contributed by atoms with Crippen molar-refractivity contribution in [2.45, 2.75) is 12.3 Å². The molecule has 1 aliphatic heterocycles. The molecule has 0 N–H and O–H groups in total. The highest BCUT2D eigenvalue weighted by atomic mass is 127. The van der Waals surface area contributed by atoms with Gasteiger partial charge >= 0.3 is 0 Å². The predicted molar refractivity (Wildman–Crippen MR) is 85.9 cm³/mol. The van der Waals surface area contributed by atoms with Crippen LogP contribution in [0.25, 0.3) is 0 Å². The number of benzene rings is 1. The number of hydrogen-bond acceptors (Lipinski definition) is 1. The van der Waals surface area contributed by atoms with E-state index in [0.29, 0.717) is 0 Å². The van der Waals surface area contributed by atoms with Crippen LogP contribution in [0, 0.1) is 3.57 Å². The molecule has 1 aromatic carbocycles. The molecule has 1 atom stereocenters. The fourth-order valence-corrected chi connectivity index (χ4v) is 3.55. The molecule has 0 radical (unpaired) electrons. The van der Waals surface area contributed by atoms with E-state index >= 15 is 0 Å². The lowest BCUT2D eigenvalue weighted by Crippen LogP contribution is -2.34. The summed E-state index contributed by atoms with van der Waals surface area (Å²) in [5.41, 5.74) is 1.43. The molecule has 0 aromatic heterocycles. The number of nitrogens with zero attached hydrogens (tertiary/aromatic N) is 1. The molecule has 0 fully saturated rings. The average molecular weight is 471 g/mol. The van der Waals surface area contributed by atoms with Crippen molar-refractivity contribution >= 4 is 66.0 Å². The molecule has 17 heavy (non-hydrogen) atoms. The minimum atomic E-state index is -0.604. The van der Waals surface area contributed by atoms with E-state index in [1.165, 1.54) is 0 Å². The lowest BCUT2D eigenvalue weighted by molar-refractivity contribution is -0.120. The largest absolute Gasteiger partial charge is 0.314 e. The molecule has 0 bridgehead atoms. The van der Waals surface area contributed by atoms with Gasteiger partial charge in [-0.2, -0.15) is 0 Å². The smallest absolute Gasteiger partial charge is 0.241 e. The summed E-state index contributed by atoms with van der Waals surface area (Å²) in [6, 6.07) is 6.08. The zero-order valence-electron chi connectivity index (χ0n) is 9.30. The van der Waals surface area contributed by atoms with Gasteiger partial charge in [-0.3, -0.25) is 4.79 Å². The Kier molecular flexibility index (Phi) is 3.71. The number of halogens is 3. The monoisotopic (exact) mass is 469 g/mol. The van der Waals surface area contributed by atoms with Gasteiger partial charge in [0.1, 0.15) is 0 Å². The van der Waals surface area contributed by atoms with Gasteiger partial charge in [-0.05, 0) is 91.2 Å². The Morgan fingerprint density at radius 3 is 2.71 bits per heavy atom. The molecule has 1 unspecified atom stereocenters. The first-order chi connectivity index (χ1) is 7.86. The minimum absolute atomic E-state index is 0.0888. The van der Waals surface area contributed by atoms with E-state index < -0.39 is 5.41 Å². The second-order valence-corrected chi connectivity index (χ2v) is 8.18. The summed E-state index contributed by atoms with van der Waals surface area (Å²) in [6.07, 6.45) is 1.90. The summed E-state index contributed by atoms with van der Waals surface area (Å²) >= 11 is 8.95. The third-order valence-corrected chi connectivity index (χ3v) is 4.15. The van der Waals surface area contributed by atoms with Gasteiger partial charge in [0.2, 0.25) is 5.91 Å². The normalized spacial score (nSPS) is 22.6. The average Bonchev–Trinajstić information content (AvgIpc) is 2.41. The topological polar surface area (TPSA) is 20.3 Å². The standard InChI is InChI=1S/C12H10Br2INO/c1-12(6-10(13)14)8-5-7(15)3-4-9(8)16(2)11(12)17/h3-6H,1-2H3. The van der Waals surface area contributed by atoms with Crippen LogP contribution in [-0.4, -0.2) is 13.0 Å². The van der Waals surface area contributed by atoms with Crippen molar-refractivity contribution in [1.82, 2.24) is 0 Å². The van der Waals surface area contributed by atoms with Gasteiger partial charge < -0.3 is 4.90 Å². The Bertz CT molecular complexity index is 525. The van der Waals surface area contributed by atoms with Gasteiger partial charge in [0.05, 0.1) is 8.81 Å². The number of likely N-dealkylation sites (N-methyl/N-ethyl adjacent to an activating group) is 1. The van der Waals surface area contributed by atoms with Gasteiger partial charge in [0.25, 0.3) is 0 Å². The molecule has 1 aliphatic rings. The van der Waals surface area contributed by atoms with Crippen LogP contribution in [0.4, 0.5) is 5.69 Å². The van der Waals surface area contributed by atoms with E-state index in [9.17, 15) is 4.79 Å². The van der Waals surface area contributed by atoms with Gasteiger partial charge in [-0.15, -0.1) is 0 Å². The number of hydrogen-bond donors (Lipinski definition) is 0. The number of carbonyl (C=O) groups is 1. The van der Waals surface area contributed by atoms with Crippen LogP contribution in [0.15, 0.2) is 27.7 Å². The van der Waals surface area contributed by atoms with E-state index in [2.05, 4.69) is 60.5 Å². The summed E-state index contributed by atoms with van der Waals surface area (Å²) in [5, 5.41) is 0. The van der Waals surface area contributed by atoms with Gasteiger partial charge in [-0.25, -0.2) is 0 Å². The van der Waals surface area contributed by atoms with Crippen LogP contribution in [0.1, 0.15) is 12.5 Å². The number of carbonyl (C=O) groups excluding carboxylic acids is 1. The molecule has 1 heterocycles. The second kappa shape index (κ2) is 4.66. The predicted octanol–water partition coefficient (Wildman–Crippen LogP) is 4.16. The third kappa shape index (κ3) is 2.21. The highest BCUT2D eigenvalue weighted by Crippen LogP contribution is 2.44. The Morgan fingerprint density at radius 2 is 2.12 bits per heavy atom. The maximum Gasteiger partial charge on any atom is 0.241 e. The van der Waals surface area contributed by atoms with Crippen LogP contribution in [0.5, 0.6) is 0 Å². The molecule has 2 rings (SSSR count). The number of anilines is 1. The molecule has 1 amide bonds. The fraction of sp³-hybridized carbons (Fsp3) is 0.250. The first-order valence-electron chi connectivity index (χ1n) is 4.98. The van der Waals surface area contributed by atoms with Crippen molar-refractivity contribution in [3.05, 3.63) is 36.8 Å². The molecule has 5 heteroatoms. The van der Waals surface area contributed by atoms with Gasteiger partial charge in [0.15, 0.2) is 0 Å². The molecule has 90 valence electrons. The van der Waals surface area contributed by atoms with Crippen LogP contribution in [0.2, 0.25) is 0 Å². The van der Waals surface area contributed by atoms with Crippen LogP contribution >= 0.6 is 54.5 Å². The number of amides is 1. The highest BCUT2D eigenvalue weighted by Gasteiger charge is 2.44.